The number of carbonyl (C=O) groups is 1. The highest BCUT2D eigenvalue weighted by Crippen LogP contribution is 2.23. The fourth-order valence-corrected chi connectivity index (χ4v) is 2.36. The van der Waals surface area contributed by atoms with Gasteiger partial charge in [0, 0.05) is 6.07 Å². The molecular formula is C12H17NO6S. The predicted molar refractivity (Wildman–Crippen MR) is 72.7 cm³/mol. The Balaban J connectivity index is 3.01. The molecule has 20 heavy (non-hydrogen) atoms. The average molecular weight is 303 g/mol. The molecule has 7 nitrogen and oxygen atoms in total. The Morgan fingerprint density at radius 3 is 2.10 bits per heavy atom. The van der Waals surface area contributed by atoms with E-state index in [1.165, 1.54) is 14.2 Å². The largest absolute Gasteiger partial charge is 0.497 e. The molecule has 2 N–H and O–H groups in total. The molecule has 1 aromatic rings. The molecule has 1 atom stereocenters. The lowest BCUT2D eigenvalue weighted by atomic mass is 10.1. The van der Waals surface area contributed by atoms with Crippen LogP contribution in [0.2, 0.25) is 0 Å². The van der Waals surface area contributed by atoms with Gasteiger partial charge in [0.15, 0.2) is 0 Å². The number of benzene rings is 1. The lowest BCUT2D eigenvalue weighted by Gasteiger charge is -2.14. The molecule has 1 rings (SSSR count). The number of hydrogen-bond donors (Lipinski definition) is 2. The van der Waals surface area contributed by atoms with Gasteiger partial charge in [0.2, 0.25) is 10.0 Å². The van der Waals surface area contributed by atoms with Crippen LogP contribution in [-0.4, -0.2) is 46.0 Å². The number of aliphatic carboxylic acids is 1. The first kappa shape index (κ1) is 16.3. The highest BCUT2D eigenvalue weighted by molar-refractivity contribution is 7.88. The van der Waals surface area contributed by atoms with Crippen LogP contribution in [0, 0.1) is 0 Å². The second-order valence-electron chi connectivity index (χ2n) is 4.21. The molecule has 0 saturated heterocycles. The van der Waals surface area contributed by atoms with Gasteiger partial charge in [-0.05, 0) is 24.1 Å². The summed E-state index contributed by atoms with van der Waals surface area (Å²) in [4.78, 5) is 11.1. The summed E-state index contributed by atoms with van der Waals surface area (Å²) in [5, 5.41) is 9.06. The Bertz CT molecular complexity index is 561. The number of nitrogens with one attached hydrogen (secondary N) is 1. The summed E-state index contributed by atoms with van der Waals surface area (Å²) in [5.41, 5.74) is 0.588. The van der Waals surface area contributed by atoms with Gasteiger partial charge in [-0.25, -0.2) is 13.1 Å². The fraction of sp³-hybridized carbons (Fsp3) is 0.417. The van der Waals surface area contributed by atoms with Crippen LogP contribution in [0.1, 0.15) is 5.56 Å². The van der Waals surface area contributed by atoms with E-state index in [-0.39, 0.29) is 6.42 Å². The first-order valence-electron chi connectivity index (χ1n) is 5.67. The molecule has 0 heterocycles. The van der Waals surface area contributed by atoms with Crippen LogP contribution in [0.4, 0.5) is 0 Å². The number of methoxy groups -OCH3 is 2. The van der Waals surface area contributed by atoms with Crippen molar-refractivity contribution >= 4 is 16.0 Å². The fourth-order valence-electron chi connectivity index (χ4n) is 1.66. The van der Waals surface area contributed by atoms with Crippen molar-refractivity contribution in [1.82, 2.24) is 4.72 Å². The zero-order chi connectivity index (χ0) is 15.3. The number of sulfonamides is 1. The summed E-state index contributed by atoms with van der Waals surface area (Å²) in [5.74, 6) is -0.247. The van der Waals surface area contributed by atoms with Crippen LogP contribution in [0.3, 0.4) is 0 Å². The third-order valence-corrected chi connectivity index (χ3v) is 3.22. The number of ether oxygens (including phenoxy) is 2. The molecule has 0 aliphatic heterocycles. The summed E-state index contributed by atoms with van der Waals surface area (Å²) in [6.07, 6.45) is 0.894. The lowest BCUT2D eigenvalue weighted by molar-refractivity contribution is -0.138. The van der Waals surface area contributed by atoms with Gasteiger partial charge in [-0.1, -0.05) is 0 Å². The van der Waals surface area contributed by atoms with Crippen molar-refractivity contribution in [2.75, 3.05) is 20.5 Å². The molecule has 0 bridgehead atoms. The zero-order valence-corrected chi connectivity index (χ0v) is 12.2. The topological polar surface area (TPSA) is 102 Å². The van der Waals surface area contributed by atoms with Gasteiger partial charge in [-0.2, -0.15) is 0 Å². The highest BCUT2D eigenvalue weighted by Gasteiger charge is 2.22. The molecule has 0 aliphatic rings. The van der Waals surface area contributed by atoms with Crippen molar-refractivity contribution in [3.63, 3.8) is 0 Å². The van der Waals surface area contributed by atoms with E-state index in [0.717, 1.165) is 6.26 Å². The van der Waals surface area contributed by atoms with E-state index < -0.39 is 22.0 Å². The van der Waals surface area contributed by atoms with E-state index >= 15 is 0 Å². The molecule has 1 aromatic carbocycles. The summed E-state index contributed by atoms with van der Waals surface area (Å²) in [6.45, 7) is 0. The molecule has 0 radical (unpaired) electrons. The standard InChI is InChI=1S/C12H17NO6S/c1-18-9-4-8(5-10(7-9)19-2)6-11(12(14)15)13-20(3,16)17/h4-5,7,11,13H,6H2,1-3H3,(H,14,15). The van der Waals surface area contributed by atoms with Gasteiger partial charge in [0.1, 0.15) is 17.5 Å². The first-order chi connectivity index (χ1) is 9.25. The minimum Gasteiger partial charge on any atom is -0.497 e. The predicted octanol–water partition coefficient (Wildman–Crippen LogP) is 0.249. The minimum atomic E-state index is -3.61. The molecule has 8 heteroatoms. The van der Waals surface area contributed by atoms with Gasteiger partial charge < -0.3 is 14.6 Å². The van der Waals surface area contributed by atoms with Gasteiger partial charge in [0.25, 0.3) is 0 Å². The molecule has 0 amide bonds. The van der Waals surface area contributed by atoms with Crippen LogP contribution in [0.15, 0.2) is 18.2 Å². The Labute approximate surface area is 117 Å². The number of carboxylic acid groups (broad SMARTS) is 1. The highest BCUT2D eigenvalue weighted by atomic mass is 32.2. The van der Waals surface area contributed by atoms with E-state index in [1.807, 2.05) is 0 Å². The van der Waals surface area contributed by atoms with Gasteiger partial charge >= 0.3 is 5.97 Å². The van der Waals surface area contributed by atoms with E-state index in [1.54, 1.807) is 18.2 Å². The maximum absolute atomic E-state index is 11.2. The first-order valence-corrected chi connectivity index (χ1v) is 7.56. The van der Waals surface area contributed by atoms with Crippen molar-refractivity contribution in [2.45, 2.75) is 12.5 Å². The third-order valence-electron chi connectivity index (χ3n) is 2.51. The van der Waals surface area contributed by atoms with E-state index in [0.29, 0.717) is 17.1 Å². The Morgan fingerprint density at radius 2 is 1.75 bits per heavy atom. The minimum absolute atomic E-state index is 0.0179. The van der Waals surface area contributed by atoms with Crippen molar-refractivity contribution in [3.05, 3.63) is 23.8 Å². The lowest BCUT2D eigenvalue weighted by Crippen LogP contribution is -2.41. The SMILES string of the molecule is COc1cc(CC(NS(C)(=O)=O)C(=O)O)cc(OC)c1. The van der Waals surface area contributed by atoms with Crippen molar-refractivity contribution < 1.29 is 27.8 Å². The average Bonchev–Trinajstić information content (AvgIpc) is 2.35. The smallest absolute Gasteiger partial charge is 0.322 e. The summed E-state index contributed by atoms with van der Waals surface area (Å²) in [6, 6.07) is 3.65. The van der Waals surface area contributed by atoms with Crippen molar-refractivity contribution in [1.29, 1.82) is 0 Å². The van der Waals surface area contributed by atoms with Crippen LogP contribution in [0.25, 0.3) is 0 Å². The van der Waals surface area contributed by atoms with Gasteiger partial charge in [0.05, 0.1) is 20.5 Å². The number of rotatable bonds is 7. The summed E-state index contributed by atoms with van der Waals surface area (Å²) in [7, 11) is -0.665. The molecule has 0 aromatic heterocycles. The van der Waals surface area contributed by atoms with E-state index in [9.17, 15) is 13.2 Å². The molecular weight excluding hydrogens is 286 g/mol. The second-order valence-corrected chi connectivity index (χ2v) is 5.99. The quantitative estimate of drug-likeness (QED) is 0.748. The molecule has 0 fully saturated rings. The summed E-state index contributed by atoms with van der Waals surface area (Å²) < 4.78 is 34.5. The second kappa shape index (κ2) is 6.58. The van der Waals surface area contributed by atoms with Crippen LogP contribution >= 0.6 is 0 Å². The van der Waals surface area contributed by atoms with Gasteiger partial charge in [-0.15, -0.1) is 0 Å². The molecule has 0 spiro atoms. The zero-order valence-electron chi connectivity index (χ0n) is 11.4. The normalized spacial score (nSPS) is 12.8. The molecule has 0 aliphatic carbocycles. The van der Waals surface area contributed by atoms with Crippen LogP contribution in [-0.2, 0) is 21.2 Å². The number of carboxylic acids is 1. The van der Waals surface area contributed by atoms with E-state index in [2.05, 4.69) is 4.72 Å². The van der Waals surface area contributed by atoms with Crippen molar-refractivity contribution in [3.8, 4) is 11.5 Å². The maximum Gasteiger partial charge on any atom is 0.322 e. The Kier molecular flexibility index (Phi) is 5.34. The summed E-state index contributed by atoms with van der Waals surface area (Å²) >= 11 is 0. The maximum atomic E-state index is 11.2. The molecule has 1 unspecified atom stereocenters. The van der Waals surface area contributed by atoms with E-state index in [4.69, 9.17) is 14.6 Å². The molecule has 0 saturated carbocycles. The molecule has 112 valence electrons. The van der Waals surface area contributed by atoms with Gasteiger partial charge in [-0.3, -0.25) is 4.79 Å². The monoisotopic (exact) mass is 303 g/mol. The Hall–Kier alpha value is -1.80. The van der Waals surface area contributed by atoms with Crippen LogP contribution < -0.4 is 14.2 Å². The van der Waals surface area contributed by atoms with Crippen LogP contribution in [0.5, 0.6) is 11.5 Å². The van der Waals surface area contributed by atoms with Crippen molar-refractivity contribution in [2.24, 2.45) is 0 Å². The third kappa shape index (κ3) is 5.06. The number of hydrogen-bond acceptors (Lipinski definition) is 5. The Morgan fingerprint density at radius 1 is 1.25 bits per heavy atom.